The van der Waals surface area contributed by atoms with Gasteiger partial charge in [-0.2, -0.15) is 0 Å². The van der Waals surface area contributed by atoms with Gasteiger partial charge in [-0.3, -0.25) is 9.59 Å². The van der Waals surface area contributed by atoms with Crippen LogP contribution in [0.5, 0.6) is 5.75 Å². The second kappa shape index (κ2) is 9.29. The number of aromatic nitrogens is 1. The van der Waals surface area contributed by atoms with E-state index in [0.717, 1.165) is 25.7 Å². The average Bonchev–Trinajstić information content (AvgIpc) is 3.42. The summed E-state index contributed by atoms with van der Waals surface area (Å²) in [5.74, 6) is 0.895. The first-order valence-electron chi connectivity index (χ1n) is 9.69. The Hall–Kier alpha value is -2.22. The lowest BCUT2D eigenvalue weighted by Crippen LogP contribution is -2.41. The monoisotopic (exact) mass is 460 g/mol. The number of carbonyl (C=O) groups is 2. The summed E-state index contributed by atoms with van der Waals surface area (Å²) in [4.78, 5) is 32.9. The van der Waals surface area contributed by atoms with Crippen LogP contribution in [-0.4, -0.2) is 41.8 Å². The van der Waals surface area contributed by atoms with Gasteiger partial charge in [0.1, 0.15) is 10.8 Å². The molecular weight excluding hydrogens is 440 g/mol. The predicted octanol–water partition coefficient (Wildman–Crippen LogP) is 5.20. The Kier molecular flexibility index (Phi) is 6.51. The molecule has 1 aromatic carbocycles. The molecule has 30 heavy (non-hydrogen) atoms. The fraction of sp³-hybridized carbons (Fsp3) is 0.318. The summed E-state index contributed by atoms with van der Waals surface area (Å²) < 4.78 is 5.87. The van der Waals surface area contributed by atoms with E-state index in [1.54, 1.807) is 31.4 Å². The largest absolute Gasteiger partial charge is 0.497 e. The standard InChI is InChI=1S/C22H21ClN2O3S2/c1-28-17-4-2-14(3-5-17)21(27)15-8-10-25(11-9-15)20(26)12-16-13-29-22(24-16)18-6-7-19(23)30-18/h2-7,13,15H,8-12H2,1H3. The molecule has 156 valence electrons. The number of methoxy groups -OCH3 is 1. The third-order valence-electron chi connectivity index (χ3n) is 5.26. The maximum absolute atomic E-state index is 12.7. The number of ether oxygens (including phenoxy) is 1. The molecule has 0 unspecified atom stereocenters. The van der Waals surface area contributed by atoms with E-state index in [2.05, 4.69) is 4.98 Å². The Labute approximate surface area is 188 Å². The van der Waals surface area contributed by atoms with Crippen molar-refractivity contribution in [1.82, 2.24) is 9.88 Å². The molecule has 1 aliphatic rings. The molecule has 0 atom stereocenters. The van der Waals surface area contributed by atoms with Crippen LogP contribution in [0.4, 0.5) is 0 Å². The van der Waals surface area contributed by atoms with Gasteiger partial charge in [0.15, 0.2) is 5.78 Å². The molecule has 0 aliphatic carbocycles. The van der Waals surface area contributed by atoms with Gasteiger partial charge in [-0.25, -0.2) is 4.98 Å². The van der Waals surface area contributed by atoms with Crippen molar-refractivity contribution >= 4 is 46.0 Å². The number of likely N-dealkylation sites (tertiary alicyclic amines) is 1. The third kappa shape index (κ3) is 4.74. The molecule has 8 heteroatoms. The minimum absolute atomic E-state index is 0.0445. The summed E-state index contributed by atoms with van der Waals surface area (Å²) in [6.07, 6.45) is 1.66. The number of thiazole rings is 1. The maximum atomic E-state index is 12.7. The van der Waals surface area contributed by atoms with Crippen LogP contribution in [0.1, 0.15) is 28.9 Å². The van der Waals surface area contributed by atoms with Crippen LogP contribution in [0, 0.1) is 5.92 Å². The zero-order chi connectivity index (χ0) is 21.1. The SMILES string of the molecule is COc1ccc(C(=O)C2CCN(C(=O)Cc3csc(-c4ccc(Cl)s4)n3)CC2)cc1. The van der Waals surface area contributed by atoms with Gasteiger partial charge in [0, 0.05) is 30.0 Å². The highest BCUT2D eigenvalue weighted by atomic mass is 35.5. The van der Waals surface area contributed by atoms with Gasteiger partial charge in [-0.15, -0.1) is 22.7 Å². The molecule has 1 saturated heterocycles. The van der Waals surface area contributed by atoms with Crippen molar-refractivity contribution in [3.8, 4) is 15.6 Å². The highest BCUT2D eigenvalue weighted by Gasteiger charge is 2.28. The average molecular weight is 461 g/mol. The van der Waals surface area contributed by atoms with Crippen molar-refractivity contribution in [3.05, 3.63) is 57.4 Å². The number of nitrogens with zero attached hydrogens (tertiary/aromatic N) is 2. The third-order valence-corrected chi connectivity index (χ3v) is 7.55. The lowest BCUT2D eigenvalue weighted by atomic mass is 9.88. The minimum Gasteiger partial charge on any atom is -0.497 e. The van der Waals surface area contributed by atoms with Gasteiger partial charge in [-0.1, -0.05) is 11.6 Å². The van der Waals surface area contributed by atoms with Crippen molar-refractivity contribution in [3.63, 3.8) is 0 Å². The van der Waals surface area contributed by atoms with Crippen LogP contribution >= 0.6 is 34.3 Å². The quantitative estimate of drug-likeness (QED) is 0.474. The molecule has 0 bridgehead atoms. The molecule has 0 N–H and O–H groups in total. The summed E-state index contributed by atoms with van der Waals surface area (Å²) >= 11 is 9.00. The summed E-state index contributed by atoms with van der Waals surface area (Å²) in [5.41, 5.74) is 1.48. The van der Waals surface area contributed by atoms with Gasteiger partial charge in [0.2, 0.25) is 5.91 Å². The molecule has 4 rings (SSSR count). The first-order valence-corrected chi connectivity index (χ1v) is 11.8. The highest BCUT2D eigenvalue weighted by molar-refractivity contribution is 7.23. The first kappa shape index (κ1) is 21.0. The summed E-state index contributed by atoms with van der Waals surface area (Å²) in [5, 5.41) is 2.82. The molecule has 0 saturated carbocycles. The number of hydrogen-bond donors (Lipinski definition) is 0. The molecule has 3 heterocycles. The Morgan fingerprint density at radius 1 is 1.17 bits per heavy atom. The second-order valence-electron chi connectivity index (χ2n) is 7.17. The van der Waals surface area contributed by atoms with Gasteiger partial charge in [-0.05, 0) is 49.2 Å². The van der Waals surface area contributed by atoms with Gasteiger partial charge in [0.25, 0.3) is 0 Å². The molecule has 1 aliphatic heterocycles. The van der Waals surface area contributed by atoms with E-state index in [1.807, 2.05) is 22.4 Å². The highest BCUT2D eigenvalue weighted by Crippen LogP contribution is 2.33. The number of benzene rings is 1. The van der Waals surface area contributed by atoms with Crippen LogP contribution in [-0.2, 0) is 11.2 Å². The van der Waals surface area contributed by atoms with Gasteiger partial charge >= 0.3 is 0 Å². The lowest BCUT2D eigenvalue weighted by molar-refractivity contribution is -0.131. The van der Waals surface area contributed by atoms with E-state index in [-0.39, 0.29) is 24.0 Å². The molecular formula is C22H21ClN2O3S2. The van der Waals surface area contributed by atoms with E-state index in [1.165, 1.54) is 22.7 Å². The maximum Gasteiger partial charge on any atom is 0.228 e. The van der Waals surface area contributed by atoms with E-state index in [0.29, 0.717) is 31.5 Å². The summed E-state index contributed by atoms with van der Waals surface area (Å²) in [6, 6.07) is 11.0. The number of thiophene rings is 1. The minimum atomic E-state index is -0.0445. The second-order valence-corrected chi connectivity index (χ2v) is 9.75. The fourth-order valence-corrected chi connectivity index (χ4v) is 5.51. The topological polar surface area (TPSA) is 59.5 Å². The number of piperidine rings is 1. The fourth-order valence-electron chi connectivity index (χ4n) is 3.58. The Morgan fingerprint density at radius 2 is 1.90 bits per heavy atom. The smallest absolute Gasteiger partial charge is 0.228 e. The van der Waals surface area contributed by atoms with Crippen LogP contribution in [0.3, 0.4) is 0 Å². The first-order chi connectivity index (χ1) is 14.5. The van der Waals surface area contributed by atoms with Crippen molar-refractivity contribution in [1.29, 1.82) is 0 Å². The molecule has 3 aromatic rings. The number of amides is 1. The number of carbonyl (C=O) groups excluding carboxylic acids is 2. The molecule has 2 aromatic heterocycles. The van der Waals surface area contributed by atoms with E-state index in [4.69, 9.17) is 16.3 Å². The summed E-state index contributed by atoms with van der Waals surface area (Å²) in [7, 11) is 1.60. The van der Waals surface area contributed by atoms with Crippen LogP contribution < -0.4 is 4.74 Å². The number of Topliss-reactive ketones (excluding diaryl/α,β-unsaturated/α-hetero) is 1. The van der Waals surface area contributed by atoms with E-state index < -0.39 is 0 Å². The van der Waals surface area contributed by atoms with Crippen molar-refractivity contribution in [2.45, 2.75) is 19.3 Å². The van der Waals surface area contributed by atoms with Gasteiger partial charge < -0.3 is 9.64 Å². The van der Waals surface area contributed by atoms with Crippen molar-refractivity contribution in [2.24, 2.45) is 5.92 Å². The normalized spacial score (nSPS) is 14.7. The Bertz CT molecular complexity index is 1040. The summed E-state index contributed by atoms with van der Waals surface area (Å²) in [6.45, 7) is 1.20. The number of hydrogen-bond acceptors (Lipinski definition) is 6. The number of rotatable bonds is 6. The van der Waals surface area contributed by atoms with Gasteiger partial charge in [0.05, 0.1) is 28.4 Å². The zero-order valence-corrected chi connectivity index (χ0v) is 18.9. The molecule has 1 amide bonds. The van der Waals surface area contributed by atoms with E-state index >= 15 is 0 Å². The van der Waals surface area contributed by atoms with Crippen molar-refractivity contribution < 1.29 is 14.3 Å². The number of halogens is 1. The molecule has 0 spiro atoms. The predicted molar refractivity (Wildman–Crippen MR) is 121 cm³/mol. The lowest BCUT2D eigenvalue weighted by Gasteiger charge is -2.31. The zero-order valence-electron chi connectivity index (χ0n) is 16.5. The van der Waals surface area contributed by atoms with Crippen LogP contribution in [0.15, 0.2) is 41.8 Å². The van der Waals surface area contributed by atoms with Crippen LogP contribution in [0.2, 0.25) is 4.34 Å². The molecule has 0 radical (unpaired) electrons. The van der Waals surface area contributed by atoms with E-state index in [9.17, 15) is 9.59 Å². The van der Waals surface area contributed by atoms with Crippen LogP contribution in [0.25, 0.3) is 9.88 Å². The Morgan fingerprint density at radius 3 is 2.53 bits per heavy atom. The molecule has 5 nitrogen and oxygen atoms in total. The Balaban J connectivity index is 1.31. The number of ketones is 1. The molecule has 1 fully saturated rings. The van der Waals surface area contributed by atoms with Crippen molar-refractivity contribution in [2.75, 3.05) is 20.2 Å².